The van der Waals surface area contributed by atoms with Crippen LogP contribution in [0.2, 0.25) is 5.02 Å². The third kappa shape index (κ3) is 4.63. The van der Waals surface area contributed by atoms with Crippen molar-refractivity contribution < 1.29 is 22.7 Å². The van der Waals surface area contributed by atoms with Gasteiger partial charge >= 0.3 is 6.18 Å². The van der Waals surface area contributed by atoms with E-state index in [1.807, 2.05) is 5.32 Å². The molecule has 138 valence electrons. The Balaban J connectivity index is 1.77. The quantitative estimate of drug-likeness (QED) is 0.817. The normalized spacial score (nSPS) is 15.4. The lowest BCUT2D eigenvalue weighted by Gasteiger charge is -2.21. The number of hydrogen-bond acceptors (Lipinski definition) is 4. The Morgan fingerprint density at radius 2 is 2.12 bits per heavy atom. The molecule has 0 bridgehead atoms. The Labute approximate surface area is 152 Å². The number of pyridine rings is 2. The van der Waals surface area contributed by atoms with Crippen LogP contribution in [0.5, 0.6) is 5.75 Å². The van der Waals surface area contributed by atoms with Crippen LogP contribution in [0.4, 0.5) is 13.2 Å². The summed E-state index contributed by atoms with van der Waals surface area (Å²) in [5.74, 6) is -0.318. The molecule has 3 rings (SSSR count). The van der Waals surface area contributed by atoms with Crippen molar-refractivity contribution in [1.29, 1.82) is 0 Å². The predicted molar refractivity (Wildman–Crippen MR) is 88.0 cm³/mol. The summed E-state index contributed by atoms with van der Waals surface area (Å²) in [6.45, 7) is 0.448. The average molecular weight is 386 g/mol. The number of carbonyl (C=O) groups is 1. The molecule has 0 radical (unpaired) electrons. The van der Waals surface area contributed by atoms with E-state index in [1.54, 1.807) is 0 Å². The Bertz CT molecular complexity index is 783. The van der Waals surface area contributed by atoms with Crippen molar-refractivity contribution in [3.8, 4) is 5.75 Å². The molecule has 0 aromatic carbocycles. The number of hydrogen-bond donors (Lipinski definition) is 1. The lowest BCUT2D eigenvalue weighted by Crippen LogP contribution is -2.39. The van der Waals surface area contributed by atoms with Crippen molar-refractivity contribution in [2.75, 3.05) is 6.61 Å². The maximum absolute atomic E-state index is 13.3. The highest BCUT2D eigenvalue weighted by molar-refractivity contribution is 6.32. The van der Waals surface area contributed by atoms with E-state index in [1.165, 1.54) is 36.7 Å². The summed E-state index contributed by atoms with van der Waals surface area (Å²) >= 11 is 5.97. The van der Waals surface area contributed by atoms with Crippen molar-refractivity contribution in [2.24, 2.45) is 5.92 Å². The summed E-state index contributed by atoms with van der Waals surface area (Å²) in [4.78, 5) is 19.8. The number of nitrogens with one attached hydrogen (secondary N) is 1. The van der Waals surface area contributed by atoms with Crippen LogP contribution in [0.25, 0.3) is 0 Å². The molecular formula is C17H15ClF3N3O2. The lowest BCUT2D eigenvalue weighted by atomic mass is 10.1. The molecule has 26 heavy (non-hydrogen) atoms. The summed E-state index contributed by atoms with van der Waals surface area (Å²) < 4.78 is 45.5. The second kappa shape index (κ2) is 7.49. The van der Waals surface area contributed by atoms with E-state index in [2.05, 4.69) is 9.97 Å². The van der Waals surface area contributed by atoms with Gasteiger partial charge in [0, 0.05) is 12.3 Å². The van der Waals surface area contributed by atoms with Gasteiger partial charge in [-0.2, -0.15) is 13.2 Å². The Morgan fingerprint density at radius 1 is 1.35 bits per heavy atom. The van der Waals surface area contributed by atoms with E-state index >= 15 is 0 Å². The highest BCUT2D eigenvalue weighted by Gasteiger charge is 2.43. The van der Waals surface area contributed by atoms with Crippen molar-refractivity contribution in [2.45, 2.75) is 25.1 Å². The van der Waals surface area contributed by atoms with E-state index in [0.717, 1.165) is 12.8 Å². The molecule has 1 N–H and O–H groups in total. The molecule has 2 aromatic heterocycles. The molecule has 1 aliphatic carbocycles. The third-order valence-corrected chi connectivity index (χ3v) is 4.09. The highest BCUT2D eigenvalue weighted by atomic mass is 35.5. The fourth-order valence-electron chi connectivity index (χ4n) is 2.22. The smallest absolute Gasteiger partial charge is 0.414 e. The molecular weight excluding hydrogens is 371 g/mol. The van der Waals surface area contributed by atoms with E-state index in [0.29, 0.717) is 12.5 Å². The monoisotopic (exact) mass is 385 g/mol. The first-order valence-corrected chi connectivity index (χ1v) is 8.29. The standard InChI is InChI=1S/C17H15ClF3N3O2/c18-11-8-23-13(7-14(11)26-9-10-4-5-10)16(25)24-15(17(19,20)21)12-3-1-2-6-22-12/h1-3,6-8,10,15H,4-5,9H2,(H,24,25)/t15-/m1/s1. The van der Waals surface area contributed by atoms with Crippen LogP contribution in [-0.4, -0.2) is 28.7 Å². The minimum atomic E-state index is -4.71. The fraction of sp³-hybridized carbons (Fsp3) is 0.353. The van der Waals surface area contributed by atoms with E-state index in [-0.39, 0.29) is 22.2 Å². The summed E-state index contributed by atoms with van der Waals surface area (Å²) in [5.41, 5.74) is -0.530. The zero-order valence-corrected chi connectivity index (χ0v) is 14.2. The molecule has 0 aliphatic heterocycles. The lowest BCUT2D eigenvalue weighted by molar-refractivity contribution is -0.156. The van der Waals surface area contributed by atoms with Crippen LogP contribution < -0.4 is 10.1 Å². The van der Waals surface area contributed by atoms with Gasteiger partial charge in [0.2, 0.25) is 0 Å². The van der Waals surface area contributed by atoms with Crippen LogP contribution in [0.1, 0.15) is 35.1 Å². The molecule has 2 aromatic rings. The topological polar surface area (TPSA) is 64.1 Å². The van der Waals surface area contributed by atoms with Crippen LogP contribution in [-0.2, 0) is 0 Å². The van der Waals surface area contributed by atoms with Gasteiger partial charge in [-0.15, -0.1) is 0 Å². The molecule has 1 saturated carbocycles. The highest BCUT2D eigenvalue weighted by Crippen LogP contribution is 2.33. The van der Waals surface area contributed by atoms with Gasteiger partial charge in [-0.25, -0.2) is 4.98 Å². The SMILES string of the molecule is O=C(N[C@H](c1ccccn1)C(F)(F)F)c1cc(OCC2CC2)c(Cl)cn1. The number of rotatable bonds is 6. The van der Waals surface area contributed by atoms with Crippen molar-refractivity contribution in [3.63, 3.8) is 0 Å². The van der Waals surface area contributed by atoms with Gasteiger partial charge in [-0.05, 0) is 30.9 Å². The molecule has 1 amide bonds. The first-order chi connectivity index (χ1) is 12.3. The molecule has 1 aliphatic rings. The second-order valence-electron chi connectivity index (χ2n) is 5.96. The van der Waals surface area contributed by atoms with Gasteiger partial charge in [0.05, 0.1) is 18.5 Å². The van der Waals surface area contributed by atoms with Crippen LogP contribution >= 0.6 is 11.6 Å². The summed E-state index contributed by atoms with van der Waals surface area (Å²) in [5, 5.41) is 2.12. The van der Waals surface area contributed by atoms with E-state index < -0.39 is 18.1 Å². The van der Waals surface area contributed by atoms with Gasteiger partial charge in [-0.3, -0.25) is 9.78 Å². The van der Waals surface area contributed by atoms with Gasteiger partial charge < -0.3 is 10.1 Å². The largest absolute Gasteiger partial charge is 0.492 e. The summed E-state index contributed by atoms with van der Waals surface area (Å²) in [6, 6.07) is 3.09. The van der Waals surface area contributed by atoms with Gasteiger partial charge in [0.1, 0.15) is 16.5 Å². The number of alkyl halides is 3. The second-order valence-corrected chi connectivity index (χ2v) is 6.36. The number of aromatic nitrogens is 2. The maximum Gasteiger partial charge on any atom is 0.414 e. The number of ether oxygens (including phenoxy) is 1. The third-order valence-electron chi connectivity index (χ3n) is 3.81. The van der Waals surface area contributed by atoms with E-state index in [4.69, 9.17) is 16.3 Å². The molecule has 9 heteroatoms. The molecule has 5 nitrogen and oxygen atoms in total. The number of amides is 1. The van der Waals surface area contributed by atoms with Crippen LogP contribution in [0, 0.1) is 5.92 Å². The maximum atomic E-state index is 13.3. The zero-order chi connectivity index (χ0) is 18.7. The van der Waals surface area contributed by atoms with Crippen molar-refractivity contribution >= 4 is 17.5 Å². The van der Waals surface area contributed by atoms with Gasteiger partial charge in [0.25, 0.3) is 5.91 Å². The van der Waals surface area contributed by atoms with Crippen LogP contribution in [0.15, 0.2) is 36.7 Å². The Kier molecular flexibility index (Phi) is 5.31. The van der Waals surface area contributed by atoms with Crippen molar-refractivity contribution in [1.82, 2.24) is 15.3 Å². The van der Waals surface area contributed by atoms with Crippen molar-refractivity contribution in [3.05, 3.63) is 53.1 Å². The minimum Gasteiger partial charge on any atom is -0.492 e. The molecule has 0 saturated heterocycles. The van der Waals surface area contributed by atoms with Gasteiger partial charge in [0.15, 0.2) is 6.04 Å². The number of nitrogens with zero attached hydrogens (tertiary/aromatic N) is 2. The fourth-order valence-corrected chi connectivity index (χ4v) is 2.38. The average Bonchev–Trinajstić information content (AvgIpc) is 3.43. The molecule has 1 fully saturated rings. The first-order valence-electron chi connectivity index (χ1n) is 7.91. The first kappa shape index (κ1) is 18.4. The van der Waals surface area contributed by atoms with Gasteiger partial charge in [-0.1, -0.05) is 17.7 Å². The molecule has 1 atom stereocenters. The van der Waals surface area contributed by atoms with E-state index in [9.17, 15) is 18.0 Å². The number of carbonyl (C=O) groups excluding carboxylic acids is 1. The predicted octanol–water partition coefficient (Wildman–Crippen LogP) is 3.95. The zero-order valence-electron chi connectivity index (χ0n) is 13.5. The molecule has 2 heterocycles. The summed E-state index contributed by atoms with van der Waals surface area (Å²) in [6.07, 6.45) is -0.171. The summed E-state index contributed by atoms with van der Waals surface area (Å²) in [7, 11) is 0. The molecule has 0 unspecified atom stereocenters. The molecule has 0 spiro atoms. The number of halogens is 4. The Hall–Kier alpha value is -2.35. The Morgan fingerprint density at radius 3 is 2.73 bits per heavy atom. The van der Waals surface area contributed by atoms with Crippen LogP contribution in [0.3, 0.4) is 0 Å². The minimum absolute atomic E-state index is 0.194.